The first-order valence-electron chi connectivity index (χ1n) is 10.5. The Bertz CT molecular complexity index is 1480. The van der Waals surface area contributed by atoms with Gasteiger partial charge in [-0.05, 0) is 43.7 Å². The minimum absolute atomic E-state index is 0.0818. The van der Waals surface area contributed by atoms with Gasteiger partial charge in [0.05, 0.1) is 41.4 Å². The van der Waals surface area contributed by atoms with E-state index in [1.807, 2.05) is 0 Å². The van der Waals surface area contributed by atoms with Crippen LogP contribution < -0.4 is 10.6 Å². The molecule has 0 saturated carbocycles. The number of benzene rings is 3. The molecule has 0 bridgehead atoms. The zero-order valence-electron chi connectivity index (χ0n) is 19.5. The molecule has 0 aromatic heterocycles. The van der Waals surface area contributed by atoms with Crippen molar-refractivity contribution >= 4 is 93.0 Å². The van der Waals surface area contributed by atoms with E-state index in [2.05, 4.69) is 10.6 Å². The average Bonchev–Trinajstić information content (AvgIpc) is 2.85. The number of carbonyl (C=O) groups excluding carboxylic acids is 2. The number of carboxylic acid groups (broad SMARTS) is 1. The van der Waals surface area contributed by atoms with Gasteiger partial charge >= 0.3 is 5.97 Å². The van der Waals surface area contributed by atoms with Crippen LogP contribution in [0.5, 0.6) is 0 Å². The summed E-state index contributed by atoms with van der Waals surface area (Å²) in [5.41, 5.74) is 0.135. The third-order valence-electron chi connectivity index (χ3n) is 5.16. The molecular formula is C24H17Cl4N3O6S. The summed E-state index contributed by atoms with van der Waals surface area (Å²) in [7, 11) is 0. The van der Waals surface area contributed by atoms with Crippen LogP contribution in [0.3, 0.4) is 0 Å². The molecule has 2 amide bonds. The lowest BCUT2D eigenvalue weighted by atomic mass is 10.1. The van der Waals surface area contributed by atoms with Crippen molar-refractivity contribution in [3.63, 3.8) is 0 Å². The van der Waals surface area contributed by atoms with Crippen LogP contribution in [0.4, 0.5) is 17.1 Å². The van der Waals surface area contributed by atoms with E-state index in [4.69, 9.17) is 46.4 Å². The van der Waals surface area contributed by atoms with Gasteiger partial charge in [0.2, 0.25) is 5.91 Å². The lowest BCUT2D eigenvalue weighted by Gasteiger charge is -2.15. The number of nitrogens with one attached hydrogen (secondary N) is 2. The van der Waals surface area contributed by atoms with Gasteiger partial charge in [0.1, 0.15) is 0 Å². The molecule has 1 unspecified atom stereocenters. The molecule has 3 aromatic rings. The van der Waals surface area contributed by atoms with Gasteiger partial charge in [-0.15, -0.1) is 11.8 Å². The number of anilines is 2. The number of hydrogen-bond donors (Lipinski definition) is 3. The Hall–Kier alpha value is -3.02. The molecular weight excluding hydrogens is 600 g/mol. The van der Waals surface area contributed by atoms with Crippen LogP contribution in [-0.2, 0) is 4.79 Å². The zero-order chi connectivity index (χ0) is 28.3. The summed E-state index contributed by atoms with van der Waals surface area (Å²) >= 11 is 25.3. The van der Waals surface area contributed by atoms with Crippen LogP contribution in [0.15, 0.2) is 47.4 Å². The van der Waals surface area contributed by atoms with Gasteiger partial charge in [-0.3, -0.25) is 19.7 Å². The third kappa shape index (κ3) is 6.51. The number of aryl methyl sites for hydroxylation is 1. The molecule has 3 aromatic carbocycles. The second-order valence-electron chi connectivity index (χ2n) is 7.80. The Balaban J connectivity index is 1.77. The van der Waals surface area contributed by atoms with Crippen molar-refractivity contribution in [1.29, 1.82) is 0 Å². The van der Waals surface area contributed by atoms with Crippen molar-refractivity contribution in [2.45, 2.75) is 24.0 Å². The van der Waals surface area contributed by atoms with Crippen molar-refractivity contribution in [3.05, 3.63) is 89.4 Å². The van der Waals surface area contributed by atoms with Crippen LogP contribution in [0.1, 0.15) is 33.2 Å². The number of rotatable bonds is 8. The summed E-state index contributed by atoms with van der Waals surface area (Å²) < 4.78 is 0. The topological polar surface area (TPSA) is 139 Å². The molecule has 3 N–H and O–H groups in total. The fraction of sp³-hybridized carbons (Fsp3) is 0.125. The van der Waals surface area contributed by atoms with Crippen LogP contribution >= 0.6 is 58.2 Å². The fourth-order valence-electron chi connectivity index (χ4n) is 3.28. The molecule has 38 heavy (non-hydrogen) atoms. The van der Waals surface area contributed by atoms with Gasteiger partial charge in [-0.25, -0.2) is 4.79 Å². The molecule has 3 rings (SSSR count). The number of amides is 2. The van der Waals surface area contributed by atoms with Gasteiger partial charge in [-0.2, -0.15) is 0 Å². The lowest BCUT2D eigenvalue weighted by molar-refractivity contribution is -0.384. The molecule has 0 fully saturated rings. The average molecular weight is 617 g/mol. The predicted molar refractivity (Wildman–Crippen MR) is 150 cm³/mol. The maximum absolute atomic E-state index is 13.0. The van der Waals surface area contributed by atoms with Gasteiger partial charge in [0, 0.05) is 28.4 Å². The first kappa shape index (κ1) is 29.5. The molecule has 14 heteroatoms. The summed E-state index contributed by atoms with van der Waals surface area (Å²) in [6.07, 6.45) is 0. The highest BCUT2D eigenvalue weighted by atomic mass is 35.5. The molecule has 0 spiro atoms. The number of hydrogen-bond acceptors (Lipinski definition) is 6. The van der Waals surface area contributed by atoms with Crippen molar-refractivity contribution in [2.75, 3.05) is 10.6 Å². The van der Waals surface area contributed by atoms with Crippen molar-refractivity contribution < 1.29 is 24.4 Å². The smallest absolute Gasteiger partial charge is 0.338 e. The molecule has 9 nitrogen and oxygen atoms in total. The first-order valence-corrected chi connectivity index (χ1v) is 12.9. The summed E-state index contributed by atoms with van der Waals surface area (Å²) in [4.78, 5) is 48.5. The number of halogens is 4. The summed E-state index contributed by atoms with van der Waals surface area (Å²) in [5, 5.41) is 23.9. The van der Waals surface area contributed by atoms with Gasteiger partial charge in [0.25, 0.3) is 11.6 Å². The predicted octanol–water partition coefficient (Wildman–Crippen LogP) is 7.59. The number of carboxylic acids is 1. The van der Waals surface area contributed by atoms with Gasteiger partial charge in [0.15, 0.2) is 0 Å². The number of carbonyl (C=O) groups is 3. The molecule has 0 aliphatic rings. The molecule has 198 valence electrons. The number of thioether (sulfide) groups is 1. The second-order valence-corrected chi connectivity index (χ2v) is 10.7. The zero-order valence-corrected chi connectivity index (χ0v) is 23.3. The monoisotopic (exact) mass is 615 g/mol. The highest BCUT2D eigenvalue weighted by molar-refractivity contribution is 8.00. The summed E-state index contributed by atoms with van der Waals surface area (Å²) in [6, 6.07) is 10.6. The fourth-order valence-corrected chi connectivity index (χ4v) is 5.23. The highest BCUT2D eigenvalue weighted by Crippen LogP contribution is 2.42. The molecule has 1 atom stereocenters. The maximum atomic E-state index is 13.0. The summed E-state index contributed by atoms with van der Waals surface area (Å²) in [5.74, 6) is -2.74. The van der Waals surface area contributed by atoms with Crippen LogP contribution in [-0.4, -0.2) is 33.1 Å². The Kier molecular flexibility index (Phi) is 9.50. The molecule has 0 radical (unpaired) electrons. The van der Waals surface area contributed by atoms with Crippen LogP contribution in [0.25, 0.3) is 0 Å². The molecule has 0 heterocycles. The van der Waals surface area contributed by atoms with E-state index in [9.17, 15) is 29.6 Å². The molecule has 0 aliphatic heterocycles. The number of nitro benzene ring substituents is 1. The van der Waals surface area contributed by atoms with E-state index in [0.717, 1.165) is 0 Å². The van der Waals surface area contributed by atoms with E-state index < -0.39 is 38.2 Å². The van der Waals surface area contributed by atoms with E-state index >= 15 is 0 Å². The Morgan fingerprint density at radius 3 is 2.16 bits per heavy atom. The number of non-ortho nitro benzene ring substituents is 1. The minimum Gasteiger partial charge on any atom is -0.478 e. The number of nitro groups is 1. The second kappa shape index (κ2) is 12.2. The standard InChI is InChI=1S/C24H17Cl4N3O6S/c1-10-8-13(31(36)37)6-7-15(10)30-22(32)11(2)38-14-5-3-4-12(9-14)29-23(33)16-17(24(34)35)19(26)21(28)20(27)18(16)25/h3-9,11H,1-2H3,(H,29,33)(H,30,32)(H,34,35). The Morgan fingerprint density at radius 1 is 0.947 bits per heavy atom. The lowest BCUT2D eigenvalue weighted by Crippen LogP contribution is -2.22. The maximum Gasteiger partial charge on any atom is 0.338 e. The van der Waals surface area contributed by atoms with Crippen molar-refractivity contribution in [2.24, 2.45) is 0 Å². The van der Waals surface area contributed by atoms with E-state index in [1.165, 1.54) is 30.0 Å². The van der Waals surface area contributed by atoms with Gasteiger partial charge in [-0.1, -0.05) is 52.5 Å². The van der Waals surface area contributed by atoms with Crippen LogP contribution in [0, 0.1) is 17.0 Å². The number of aromatic carboxylic acids is 1. The molecule has 0 saturated heterocycles. The van der Waals surface area contributed by atoms with E-state index in [1.54, 1.807) is 38.1 Å². The Labute approximate surface area is 240 Å². The first-order chi connectivity index (χ1) is 17.8. The van der Waals surface area contributed by atoms with Gasteiger partial charge < -0.3 is 15.7 Å². The minimum atomic E-state index is -1.52. The number of nitrogens with zero attached hydrogens (tertiary/aromatic N) is 1. The van der Waals surface area contributed by atoms with E-state index in [0.29, 0.717) is 16.1 Å². The SMILES string of the molecule is Cc1cc([N+](=O)[O-])ccc1NC(=O)C(C)Sc1cccc(NC(=O)c2c(Cl)c(Cl)c(Cl)c(Cl)c2C(=O)O)c1. The van der Waals surface area contributed by atoms with E-state index in [-0.39, 0.29) is 32.3 Å². The normalized spacial score (nSPS) is 11.5. The van der Waals surface area contributed by atoms with Crippen molar-refractivity contribution in [3.8, 4) is 0 Å². The van der Waals surface area contributed by atoms with Crippen molar-refractivity contribution in [1.82, 2.24) is 0 Å². The largest absolute Gasteiger partial charge is 0.478 e. The van der Waals surface area contributed by atoms with Crippen LogP contribution in [0.2, 0.25) is 20.1 Å². The quantitative estimate of drug-likeness (QED) is 0.0779. The summed E-state index contributed by atoms with van der Waals surface area (Å²) in [6.45, 7) is 3.32. The third-order valence-corrected chi connectivity index (χ3v) is 8.06. The molecule has 0 aliphatic carbocycles. The Morgan fingerprint density at radius 2 is 1.58 bits per heavy atom. The highest BCUT2D eigenvalue weighted by Gasteiger charge is 2.29.